The minimum Gasteiger partial charge on any atom is -0.495 e. The zero-order valence-corrected chi connectivity index (χ0v) is 18.3. The molecule has 0 heterocycles. The summed E-state index contributed by atoms with van der Waals surface area (Å²) < 4.78 is 5.80. The second-order valence-corrected chi connectivity index (χ2v) is 8.24. The fraction of sp³-hybridized carbons (Fsp3) is 0.308. The Kier molecular flexibility index (Phi) is 6.17. The monoisotopic (exact) mass is 388 g/mol. The Labute approximate surface area is 174 Å². The highest BCUT2D eigenvalue weighted by molar-refractivity contribution is 5.79. The Morgan fingerprint density at radius 1 is 0.793 bits per heavy atom. The lowest BCUT2D eigenvalue weighted by Crippen LogP contribution is -2.06. The van der Waals surface area contributed by atoms with Crippen LogP contribution in [0.2, 0.25) is 0 Å². The standard InChI is InChI=1S/C26H32N2O/c1-16(2)22-8-7-9-23(17(3)4)26(22)28-25-18(5)14-20(15-24(25)29-6)19-10-12-21(27)13-11-19/h7-17,28H,27H2,1-6H3. The quantitative estimate of drug-likeness (QED) is 0.437. The summed E-state index contributed by atoms with van der Waals surface area (Å²) in [5, 5.41) is 3.73. The highest BCUT2D eigenvalue weighted by Gasteiger charge is 2.17. The molecule has 0 saturated heterocycles. The number of anilines is 3. The normalized spacial score (nSPS) is 11.2. The molecular weight excluding hydrogens is 356 g/mol. The third kappa shape index (κ3) is 4.40. The first-order valence-corrected chi connectivity index (χ1v) is 10.3. The summed E-state index contributed by atoms with van der Waals surface area (Å²) in [6.45, 7) is 11.1. The molecule has 3 aromatic carbocycles. The van der Waals surface area contributed by atoms with Crippen LogP contribution in [0.25, 0.3) is 11.1 Å². The van der Waals surface area contributed by atoms with Crippen molar-refractivity contribution in [3.05, 3.63) is 71.3 Å². The van der Waals surface area contributed by atoms with Crippen LogP contribution in [-0.4, -0.2) is 7.11 Å². The van der Waals surface area contributed by atoms with Crippen molar-refractivity contribution in [2.45, 2.75) is 46.5 Å². The van der Waals surface area contributed by atoms with Gasteiger partial charge in [-0.25, -0.2) is 0 Å². The molecule has 0 atom stereocenters. The molecule has 3 nitrogen and oxygen atoms in total. The Bertz CT molecular complexity index is 962. The zero-order chi connectivity index (χ0) is 21.1. The van der Waals surface area contributed by atoms with E-state index in [4.69, 9.17) is 10.5 Å². The summed E-state index contributed by atoms with van der Waals surface area (Å²) in [5.41, 5.74) is 14.8. The van der Waals surface area contributed by atoms with E-state index in [9.17, 15) is 0 Å². The van der Waals surface area contributed by atoms with Gasteiger partial charge in [-0.05, 0) is 70.8 Å². The van der Waals surface area contributed by atoms with E-state index in [1.807, 2.05) is 24.3 Å². The number of para-hydroxylation sites is 1. The second kappa shape index (κ2) is 8.60. The highest BCUT2D eigenvalue weighted by Crippen LogP contribution is 2.40. The van der Waals surface area contributed by atoms with Crippen molar-refractivity contribution in [3.63, 3.8) is 0 Å². The van der Waals surface area contributed by atoms with Gasteiger partial charge in [0.25, 0.3) is 0 Å². The first-order valence-electron chi connectivity index (χ1n) is 10.3. The van der Waals surface area contributed by atoms with E-state index in [1.54, 1.807) is 7.11 Å². The summed E-state index contributed by atoms with van der Waals surface area (Å²) in [5.74, 6) is 1.69. The van der Waals surface area contributed by atoms with Crippen molar-refractivity contribution in [2.24, 2.45) is 0 Å². The van der Waals surface area contributed by atoms with Crippen LogP contribution >= 0.6 is 0 Å². The molecule has 0 aliphatic carbocycles. The first kappa shape index (κ1) is 20.8. The van der Waals surface area contributed by atoms with Crippen molar-refractivity contribution in [1.29, 1.82) is 0 Å². The Morgan fingerprint density at radius 3 is 1.90 bits per heavy atom. The van der Waals surface area contributed by atoms with Gasteiger partial charge in [0.2, 0.25) is 0 Å². The van der Waals surface area contributed by atoms with Gasteiger partial charge in [-0.3, -0.25) is 0 Å². The van der Waals surface area contributed by atoms with Gasteiger partial charge in [-0.15, -0.1) is 0 Å². The Hall–Kier alpha value is -2.94. The molecule has 0 aromatic heterocycles. The Morgan fingerprint density at radius 2 is 1.38 bits per heavy atom. The van der Waals surface area contributed by atoms with Gasteiger partial charge < -0.3 is 15.8 Å². The zero-order valence-electron chi connectivity index (χ0n) is 18.3. The molecule has 0 spiro atoms. The lowest BCUT2D eigenvalue weighted by atomic mass is 9.92. The fourth-order valence-electron chi connectivity index (χ4n) is 3.74. The minimum absolute atomic E-state index is 0.427. The van der Waals surface area contributed by atoms with E-state index in [0.717, 1.165) is 33.8 Å². The second-order valence-electron chi connectivity index (χ2n) is 8.24. The maximum atomic E-state index is 5.84. The molecule has 0 radical (unpaired) electrons. The smallest absolute Gasteiger partial charge is 0.143 e. The molecule has 0 fully saturated rings. The number of nitrogens with two attached hydrogens (primary N) is 1. The minimum atomic E-state index is 0.427. The number of ether oxygens (including phenoxy) is 1. The molecule has 29 heavy (non-hydrogen) atoms. The van der Waals surface area contributed by atoms with Crippen LogP contribution in [0, 0.1) is 6.92 Å². The van der Waals surface area contributed by atoms with E-state index >= 15 is 0 Å². The van der Waals surface area contributed by atoms with E-state index in [1.165, 1.54) is 16.8 Å². The van der Waals surface area contributed by atoms with E-state index in [2.05, 4.69) is 70.3 Å². The van der Waals surface area contributed by atoms with Gasteiger partial charge >= 0.3 is 0 Å². The van der Waals surface area contributed by atoms with Gasteiger partial charge in [0.1, 0.15) is 5.75 Å². The topological polar surface area (TPSA) is 47.3 Å². The van der Waals surface area contributed by atoms with Crippen molar-refractivity contribution < 1.29 is 4.74 Å². The maximum absolute atomic E-state index is 5.84. The van der Waals surface area contributed by atoms with Crippen LogP contribution in [0.4, 0.5) is 17.1 Å². The molecular formula is C26H32N2O. The number of nitrogen functional groups attached to an aromatic ring is 1. The third-order valence-corrected chi connectivity index (χ3v) is 5.39. The largest absolute Gasteiger partial charge is 0.495 e. The first-order chi connectivity index (χ1) is 13.8. The van der Waals surface area contributed by atoms with Crippen LogP contribution in [0.3, 0.4) is 0 Å². The average Bonchev–Trinajstić information content (AvgIpc) is 2.69. The van der Waals surface area contributed by atoms with Crippen LogP contribution in [-0.2, 0) is 0 Å². The number of rotatable bonds is 6. The predicted octanol–water partition coefficient (Wildman–Crippen LogP) is 7.24. The predicted molar refractivity (Wildman–Crippen MR) is 125 cm³/mol. The molecule has 0 aliphatic rings. The molecule has 3 N–H and O–H groups in total. The molecule has 3 heteroatoms. The fourth-order valence-corrected chi connectivity index (χ4v) is 3.74. The molecule has 0 unspecified atom stereocenters. The maximum Gasteiger partial charge on any atom is 0.143 e. The highest BCUT2D eigenvalue weighted by atomic mass is 16.5. The van der Waals surface area contributed by atoms with Gasteiger partial charge in [-0.1, -0.05) is 58.0 Å². The number of methoxy groups -OCH3 is 1. The number of nitrogens with one attached hydrogen (secondary N) is 1. The number of benzene rings is 3. The molecule has 0 amide bonds. The van der Waals surface area contributed by atoms with Crippen molar-refractivity contribution in [3.8, 4) is 16.9 Å². The SMILES string of the molecule is COc1cc(-c2ccc(N)cc2)cc(C)c1Nc1c(C(C)C)cccc1C(C)C. The third-order valence-electron chi connectivity index (χ3n) is 5.39. The summed E-state index contributed by atoms with van der Waals surface area (Å²) in [4.78, 5) is 0. The van der Waals surface area contributed by atoms with Crippen LogP contribution in [0.1, 0.15) is 56.2 Å². The van der Waals surface area contributed by atoms with Crippen LogP contribution in [0.5, 0.6) is 5.75 Å². The molecule has 3 rings (SSSR count). The van der Waals surface area contributed by atoms with Crippen molar-refractivity contribution in [2.75, 3.05) is 18.2 Å². The Balaban J connectivity index is 2.10. The lowest BCUT2D eigenvalue weighted by molar-refractivity contribution is 0.416. The van der Waals surface area contributed by atoms with Crippen molar-refractivity contribution >= 4 is 17.1 Å². The van der Waals surface area contributed by atoms with Crippen LogP contribution in [0.15, 0.2) is 54.6 Å². The average molecular weight is 389 g/mol. The summed E-state index contributed by atoms with van der Waals surface area (Å²) >= 11 is 0. The molecule has 3 aromatic rings. The number of hydrogen-bond donors (Lipinski definition) is 2. The molecule has 152 valence electrons. The van der Waals surface area contributed by atoms with Crippen LogP contribution < -0.4 is 15.8 Å². The molecule has 0 saturated carbocycles. The van der Waals surface area contributed by atoms with E-state index in [0.29, 0.717) is 11.8 Å². The summed E-state index contributed by atoms with van der Waals surface area (Å²) in [6.07, 6.45) is 0. The van der Waals surface area contributed by atoms with Gasteiger partial charge in [-0.2, -0.15) is 0 Å². The molecule has 0 aliphatic heterocycles. The number of hydrogen-bond acceptors (Lipinski definition) is 3. The summed E-state index contributed by atoms with van der Waals surface area (Å²) in [7, 11) is 1.73. The molecule has 0 bridgehead atoms. The summed E-state index contributed by atoms with van der Waals surface area (Å²) in [6, 6.07) is 18.8. The van der Waals surface area contributed by atoms with Crippen molar-refractivity contribution in [1.82, 2.24) is 0 Å². The van der Waals surface area contributed by atoms with E-state index in [-0.39, 0.29) is 0 Å². The number of aryl methyl sites for hydroxylation is 1. The lowest BCUT2D eigenvalue weighted by Gasteiger charge is -2.23. The van der Waals surface area contributed by atoms with Gasteiger partial charge in [0.15, 0.2) is 0 Å². The van der Waals surface area contributed by atoms with E-state index < -0.39 is 0 Å². The van der Waals surface area contributed by atoms with Gasteiger partial charge in [0, 0.05) is 11.4 Å². The van der Waals surface area contributed by atoms with Gasteiger partial charge in [0.05, 0.1) is 12.8 Å².